The second-order valence-electron chi connectivity index (χ2n) is 13.3. The van der Waals surface area contributed by atoms with Crippen molar-refractivity contribution >= 4 is 23.3 Å². The molecule has 0 radical (unpaired) electrons. The first-order valence-corrected chi connectivity index (χ1v) is 16.0. The van der Waals surface area contributed by atoms with Gasteiger partial charge < -0.3 is 30.5 Å². The maximum atomic E-state index is 14.1. The highest BCUT2D eigenvalue weighted by molar-refractivity contribution is 6.31. The van der Waals surface area contributed by atoms with E-state index in [9.17, 15) is 39.6 Å². The lowest BCUT2D eigenvalue weighted by atomic mass is 9.77. The van der Waals surface area contributed by atoms with Gasteiger partial charge in [0.2, 0.25) is 5.78 Å². The Kier molecular flexibility index (Phi) is 12.1. The summed E-state index contributed by atoms with van der Waals surface area (Å²) in [5.74, 6) is -5.51. The van der Waals surface area contributed by atoms with Crippen LogP contribution in [0, 0.1) is 36.5 Å². The topological polar surface area (TPSA) is 170 Å². The van der Waals surface area contributed by atoms with Crippen LogP contribution in [0.1, 0.15) is 92.0 Å². The van der Waals surface area contributed by atoms with Gasteiger partial charge in [0.15, 0.2) is 11.6 Å². The van der Waals surface area contributed by atoms with Crippen molar-refractivity contribution in [1.29, 1.82) is 0 Å². The van der Waals surface area contributed by atoms with Crippen molar-refractivity contribution in [1.82, 2.24) is 5.32 Å². The lowest BCUT2D eigenvalue weighted by Crippen LogP contribution is -2.45. The average molecular weight is 652 g/mol. The monoisotopic (exact) mass is 651 g/mol. The Morgan fingerprint density at radius 2 is 1.21 bits per heavy atom. The molecule has 2 aliphatic heterocycles. The molecule has 1 aromatic rings. The first-order chi connectivity index (χ1) is 21.9. The van der Waals surface area contributed by atoms with E-state index in [0.29, 0.717) is 5.56 Å². The van der Waals surface area contributed by atoms with Crippen LogP contribution in [0.4, 0.5) is 0 Å². The number of hydrogen-bond donors (Lipinski definition) is 5. The van der Waals surface area contributed by atoms with Crippen molar-refractivity contribution in [2.75, 3.05) is 7.11 Å². The predicted octanol–water partition coefficient (Wildman–Crippen LogP) is 4.04. The summed E-state index contributed by atoms with van der Waals surface area (Å²) in [5, 5.41) is 47.1. The number of ether oxygens (including phenoxy) is 1. The van der Waals surface area contributed by atoms with Crippen LogP contribution in [0.15, 0.2) is 52.8 Å². The molecule has 10 heteroatoms. The number of fused-ring (bicyclic) bond motifs is 15. The second kappa shape index (κ2) is 15.0. The van der Waals surface area contributed by atoms with Crippen LogP contribution in [0.25, 0.3) is 0 Å². The van der Waals surface area contributed by atoms with E-state index < -0.39 is 77.3 Å². The quantitative estimate of drug-likeness (QED) is 0.301. The lowest BCUT2D eigenvalue weighted by Gasteiger charge is -2.36. The van der Waals surface area contributed by atoms with Gasteiger partial charge in [-0.25, -0.2) is 0 Å². The van der Waals surface area contributed by atoms with Gasteiger partial charge in [-0.05, 0) is 44.9 Å². The number of aryl methyl sites for hydroxylation is 1. The molecule has 1 amide bonds. The Morgan fingerprint density at radius 1 is 0.681 bits per heavy atom. The first kappa shape index (κ1) is 37.8. The van der Waals surface area contributed by atoms with Gasteiger partial charge in [-0.1, -0.05) is 58.9 Å². The van der Waals surface area contributed by atoms with Crippen LogP contribution in [0.5, 0.6) is 5.75 Å². The Balaban J connectivity index is 2.23. The van der Waals surface area contributed by atoms with Crippen LogP contribution in [-0.4, -0.2) is 75.2 Å². The third kappa shape index (κ3) is 7.41. The molecule has 0 aromatic heterocycles. The van der Waals surface area contributed by atoms with Crippen LogP contribution < -0.4 is 10.1 Å². The molecule has 10 nitrogen and oxygen atoms in total. The minimum atomic E-state index is -1.16. The van der Waals surface area contributed by atoms with Gasteiger partial charge in [0.1, 0.15) is 5.75 Å². The molecule has 0 spiro atoms. The van der Waals surface area contributed by atoms with E-state index in [4.69, 9.17) is 4.74 Å². The number of allylic oxidation sites excluding steroid dienone is 5. The number of Topliss-reactive ketones (excluding diaryl/α,β-unsaturated/α-hetero) is 3. The third-order valence-corrected chi connectivity index (χ3v) is 9.85. The number of nitrogens with one attached hydrogen (secondary N) is 1. The number of benzene rings is 1. The highest BCUT2D eigenvalue weighted by atomic mass is 16.5. The third-order valence-electron chi connectivity index (χ3n) is 9.85. The maximum absolute atomic E-state index is 14.1. The Labute approximate surface area is 276 Å². The van der Waals surface area contributed by atoms with Gasteiger partial charge in [-0.3, -0.25) is 19.2 Å². The zero-order valence-electron chi connectivity index (χ0n) is 28.9. The summed E-state index contributed by atoms with van der Waals surface area (Å²) >= 11 is 0. The smallest absolute Gasteiger partial charge is 0.251 e. The fraction of sp³-hybridized carbons (Fsp3) is 0.514. The van der Waals surface area contributed by atoms with E-state index >= 15 is 0 Å². The second-order valence-corrected chi connectivity index (χ2v) is 13.3. The summed E-state index contributed by atoms with van der Waals surface area (Å²) in [6, 6.07) is 1.47. The van der Waals surface area contributed by atoms with E-state index in [1.165, 1.54) is 40.0 Å². The minimum absolute atomic E-state index is 0.0378. The molecule has 4 bridgehead atoms. The molecule has 1 aliphatic carbocycles. The van der Waals surface area contributed by atoms with Gasteiger partial charge in [-0.15, -0.1) is 0 Å². The summed E-state index contributed by atoms with van der Waals surface area (Å²) in [6.07, 6.45) is 1.90. The van der Waals surface area contributed by atoms with Crippen LogP contribution in [-0.2, 0) is 4.79 Å². The lowest BCUT2D eigenvalue weighted by molar-refractivity contribution is -0.116. The average Bonchev–Trinajstić information content (AvgIpc) is 3.04. The van der Waals surface area contributed by atoms with E-state index in [1.807, 2.05) is 0 Å². The number of amides is 1. The molecule has 0 fully saturated rings. The molecule has 9 atom stereocenters. The number of aliphatic hydroxyl groups excluding tert-OH is 4. The van der Waals surface area contributed by atoms with Crippen LogP contribution >= 0.6 is 0 Å². The fourth-order valence-corrected chi connectivity index (χ4v) is 6.51. The maximum Gasteiger partial charge on any atom is 0.251 e. The summed E-state index contributed by atoms with van der Waals surface area (Å²) in [6.45, 7) is 14.5. The predicted molar refractivity (Wildman–Crippen MR) is 178 cm³/mol. The largest absolute Gasteiger partial charge is 0.496 e. The van der Waals surface area contributed by atoms with E-state index in [2.05, 4.69) is 5.32 Å². The molecule has 3 aliphatic rings. The summed E-state index contributed by atoms with van der Waals surface area (Å²) in [7, 11) is 1.36. The number of hydrogen-bond acceptors (Lipinski definition) is 9. The van der Waals surface area contributed by atoms with Crippen molar-refractivity contribution in [2.45, 2.75) is 86.7 Å². The van der Waals surface area contributed by atoms with Crippen molar-refractivity contribution in [3.05, 3.63) is 75.0 Å². The molecule has 5 N–H and O–H groups in total. The zero-order chi connectivity index (χ0) is 35.7. The molecule has 0 saturated carbocycles. The zero-order valence-corrected chi connectivity index (χ0v) is 28.9. The summed E-state index contributed by atoms with van der Waals surface area (Å²) in [5.41, 5.74) is 0.348. The van der Waals surface area contributed by atoms with Gasteiger partial charge in [0.25, 0.3) is 5.91 Å². The number of aliphatic hydroxyl groups is 4. The molecular formula is C37H49NO9. The molecule has 4 rings (SSSR count). The highest BCUT2D eigenvalue weighted by Crippen LogP contribution is 2.38. The van der Waals surface area contributed by atoms with Crippen molar-refractivity contribution in [2.24, 2.45) is 29.6 Å². The number of carbonyl (C=O) groups excluding carboxylic acids is 4. The number of methoxy groups -OCH3 is 1. The fourth-order valence-electron chi connectivity index (χ4n) is 6.51. The van der Waals surface area contributed by atoms with Gasteiger partial charge >= 0.3 is 0 Å². The Hall–Kier alpha value is -3.70. The molecule has 256 valence electrons. The van der Waals surface area contributed by atoms with Crippen molar-refractivity contribution in [3.63, 3.8) is 0 Å². The SMILES string of the molecule is COc1c(C)cc2c3c1C(=O)C(C)=C[C@H](C)[C@H](O)[C@@H](C)[C@@H](O)[C@H](C)[C@H](O)[C@H](C)[C@H](O)[C@H](C)C=CC=C(C)C(=O)NC(=C(C)C3=O)C2=O. The molecule has 0 unspecified atom stereocenters. The summed E-state index contributed by atoms with van der Waals surface area (Å²) in [4.78, 5) is 54.9. The molecule has 47 heavy (non-hydrogen) atoms. The normalized spacial score (nSPS) is 31.8. The van der Waals surface area contributed by atoms with Crippen molar-refractivity contribution < 1.29 is 44.3 Å². The van der Waals surface area contributed by atoms with Gasteiger partial charge in [0, 0.05) is 51.9 Å². The van der Waals surface area contributed by atoms with Crippen LogP contribution in [0.3, 0.4) is 0 Å². The van der Waals surface area contributed by atoms with E-state index in [1.54, 1.807) is 59.8 Å². The van der Waals surface area contributed by atoms with Crippen molar-refractivity contribution in [3.8, 4) is 5.75 Å². The standard InChI is InChI=1S/C37H49NO9/c1-16-12-11-13-17(2)37(46)38-28-21(6)34(44)26-25(35(28)45)15-20(5)36(47-10)27(26)31(41)19(4)14-18(3)30(40)23(8)33(43)24(9)32(42)22(7)29(16)39/h11-16,18,22-24,29-30,32-33,39-40,42-43H,1-10H3,(H,38,46)/t16-,18+,22-,23-,24-,29-,30+,32-,33-/m1/s1. The number of rotatable bonds is 1. The van der Waals surface area contributed by atoms with Gasteiger partial charge in [0.05, 0.1) is 42.8 Å². The molecule has 1 aromatic carbocycles. The molecule has 2 heterocycles. The molecule has 0 saturated heterocycles. The number of carbonyl (C=O) groups is 4. The Bertz CT molecular complexity index is 1570. The summed E-state index contributed by atoms with van der Waals surface area (Å²) < 4.78 is 5.57. The molecular weight excluding hydrogens is 602 g/mol. The van der Waals surface area contributed by atoms with Crippen LogP contribution in [0.2, 0.25) is 0 Å². The number of ketones is 3. The van der Waals surface area contributed by atoms with Gasteiger partial charge in [-0.2, -0.15) is 0 Å². The minimum Gasteiger partial charge on any atom is -0.496 e. The first-order valence-electron chi connectivity index (χ1n) is 16.0. The Morgan fingerprint density at radius 3 is 1.77 bits per heavy atom. The van der Waals surface area contributed by atoms with E-state index in [-0.39, 0.29) is 44.9 Å². The highest BCUT2D eigenvalue weighted by Gasteiger charge is 2.39. The van der Waals surface area contributed by atoms with E-state index in [0.717, 1.165) is 0 Å².